The molecule has 0 amide bonds. The Morgan fingerprint density at radius 1 is 1.15 bits per heavy atom. The fourth-order valence-electron chi connectivity index (χ4n) is 2.72. The van der Waals surface area contributed by atoms with Crippen molar-refractivity contribution < 1.29 is 4.92 Å². The molecule has 2 N–H and O–H groups in total. The maximum atomic E-state index is 10.8. The standard InChI is InChI=1S/C20H20N4O2/c1-14(17-7-5-4-6-8-17)21-13-20-15(2)22-23(16(20)3)18-9-11-19(12-10-18)24(25)26/h4-14,21-22H,2-3H2,1H3/b20-13-/t14-/m0/s1. The number of anilines is 1. The summed E-state index contributed by atoms with van der Waals surface area (Å²) in [4.78, 5) is 10.4. The number of nitro benzene ring substituents is 1. The van der Waals surface area contributed by atoms with Crippen LogP contribution in [0.2, 0.25) is 0 Å². The average Bonchev–Trinajstić information content (AvgIpc) is 2.94. The van der Waals surface area contributed by atoms with E-state index in [1.54, 1.807) is 17.1 Å². The van der Waals surface area contributed by atoms with Crippen molar-refractivity contribution in [1.82, 2.24) is 10.7 Å². The van der Waals surface area contributed by atoms with Crippen molar-refractivity contribution in [2.45, 2.75) is 13.0 Å². The van der Waals surface area contributed by atoms with E-state index in [9.17, 15) is 10.1 Å². The molecule has 1 aliphatic rings. The number of non-ortho nitro benzene ring substituents is 1. The Labute approximate surface area is 152 Å². The number of hydrogen-bond acceptors (Lipinski definition) is 5. The number of nitrogens with one attached hydrogen (secondary N) is 2. The van der Waals surface area contributed by atoms with Crippen LogP contribution in [0.1, 0.15) is 18.5 Å². The second-order valence-electron chi connectivity index (χ2n) is 6.00. The second-order valence-corrected chi connectivity index (χ2v) is 6.00. The minimum atomic E-state index is -0.421. The smallest absolute Gasteiger partial charge is 0.269 e. The predicted octanol–water partition coefficient (Wildman–Crippen LogP) is 4.18. The van der Waals surface area contributed by atoms with Gasteiger partial charge in [0.05, 0.1) is 22.0 Å². The van der Waals surface area contributed by atoms with Crippen LogP contribution in [0.5, 0.6) is 0 Å². The molecule has 0 aromatic heterocycles. The van der Waals surface area contributed by atoms with Crippen molar-refractivity contribution in [3.63, 3.8) is 0 Å². The summed E-state index contributed by atoms with van der Waals surface area (Å²) in [5.74, 6) is 0. The van der Waals surface area contributed by atoms with E-state index >= 15 is 0 Å². The van der Waals surface area contributed by atoms with E-state index in [-0.39, 0.29) is 11.7 Å². The minimum absolute atomic E-state index is 0.0477. The van der Waals surface area contributed by atoms with Crippen LogP contribution >= 0.6 is 0 Å². The van der Waals surface area contributed by atoms with Crippen LogP contribution in [0.25, 0.3) is 0 Å². The van der Waals surface area contributed by atoms with Gasteiger partial charge in [-0.3, -0.25) is 20.5 Å². The van der Waals surface area contributed by atoms with Crippen molar-refractivity contribution in [3.05, 3.63) is 107 Å². The molecule has 0 spiro atoms. The molecular weight excluding hydrogens is 328 g/mol. The zero-order chi connectivity index (χ0) is 18.7. The maximum absolute atomic E-state index is 10.8. The first-order valence-corrected chi connectivity index (χ1v) is 8.18. The van der Waals surface area contributed by atoms with Gasteiger partial charge in [0.2, 0.25) is 0 Å². The summed E-state index contributed by atoms with van der Waals surface area (Å²) in [6, 6.07) is 16.5. The monoisotopic (exact) mass is 348 g/mol. The lowest BCUT2D eigenvalue weighted by molar-refractivity contribution is -0.384. The molecule has 1 saturated heterocycles. The Morgan fingerprint density at radius 3 is 2.42 bits per heavy atom. The SMILES string of the molecule is C=C1NN(c2ccc([N+](=O)[O-])cc2)C(=C)/C1=C\N[C@@H](C)c1ccccc1. The third kappa shape index (κ3) is 3.44. The largest absolute Gasteiger partial charge is 0.384 e. The third-order valence-corrected chi connectivity index (χ3v) is 4.25. The molecule has 6 heteroatoms. The summed E-state index contributed by atoms with van der Waals surface area (Å²) >= 11 is 0. The Hall–Kier alpha value is -3.54. The summed E-state index contributed by atoms with van der Waals surface area (Å²) in [5, 5.41) is 15.9. The van der Waals surface area contributed by atoms with Crippen molar-refractivity contribution in [2.75, 3.05) is 5.01 Å². The molecule has 0 saturated carbocycles. The van der Waals surface area contributed by atoms with E-state index in [1.165, 1.54) is 17.7 Å². The topological polar surface area (TPSA) is 70.4 Å². The zero-order valence-corrected chi connectivity index (χ0v) is 14.5. The van der Waals surface area contributed by atoms with E-state index in [2.05, 4.69) is 43.0 Å². The molecule has 0 unspecified atom stereocenters. The summed E-state index contributed by atoms with van der Waals surface area (Å²) < 4.78 is 0. The molecule has 1 aliphatic heterocycles. The van der Waals surface area contributed by atoms with Crippen LogP contribution in [0.4, 0.5) is 11.4 Å². The molecule has 0 radical (unpaired) electrons. The number of rotatable bonds is 5. The highest BCUT2D eigenvalue weighted by Gasteiger charge is 2.25. The van der Waals surface area contributed by atoms with E-state index in [4.69, 9.17) is 0 Å². The molecule has 1 fully saturated rings. The van der Waals surface area contributed by atoms with Crippen molar-refractivity contribution in [2.24, 2.45) is 0 Å². The van der Waals surface area contributed by atoms with Crippen molar-refractivity contribution in [3.8, 4) is 0 Å². The van der Waals surface area contributed by atoms with Gasteiger partial charge in [-0.2, -0.15) is 0 Å². The molecule has 2 aromatic carbocycles. The number of nitrogens with zero attached hydrogens (tertiary/aromatic N) is 2. The van der Waals surface area contributed by atoms with E-state index in [1.807, 2.05) is 24.4 Å². The summed E-state index contributed by atoms with van der Waals surface area (Å²) in [7, 11) is 0. The normalized spacial score (nSPS) is 16.5. The average molecular weight is 348 g/mol. The lowest BCUT2D eigenvalue weighted by atomic mass is 10.1. The van der Waals surface area contributed by atoms with Crippen LogP contribution in [0.3, 0.4) is 0 Å². The molecule has 1 atom stereocenters. The lowest BCUT2D eigenvalue weighted by Crippen LogP contribution is -2.27. The van der Waals surface area contributed by atoms with Crippen LogP contribution in [-0.4, -0.2) is 4.92 Å². The van der Waals surface area contributed by atoms with Gasteiger partial charge in [-0.1, -0.05) is 43.5 Å². The van der Waals surface area contributed by atoms with Gasteiger partial charge in [0.15, 0.2) is 0 Å². The predicted molar refractivity (Wildman–Crippen MR) is 103 cm³/mol. The molecule has 132 valence electrons. The molecule has 26 heavy (non-hydrogen) atoms. The first kappa shape index (κ1) is 17.3. The summed E-state index contributed by atoms with van der Waals surface area (Å²) in [5.41, 5.74) is 7.40. The van der Waals surface area contributed by atoms with E-state index in [0.717, 1.165) is 17.0 Å². The Kier molecular flexibility index (Phi) is 4.75. The second kappa shape index (κ2) is 7.14. The van der Waals surface area contributed by atoms with Crippen LogP contribution in [-0.2, 0) is 0 Å². The molecule has 0 aliphatic carbocycles. The van der Waals surface area contributed by atoms with Gasteiger partial charge in [0.1, 0.15) is 0 Å². The maximum Gasteiger partial charge on any atom is 0.269 e. The van der Waals surface area contributed by atoms with Gasteiger partial charge in [0, 0.05) is 29.9 Å². The molecule has 2 aromatic rings. The van der Waals surface area contributed by atoms with Crippen molar-refractivity contribution >= 4 is 11.4 Å². The van der Waals surface area contributed by atoms with Gasteiger partial charge in [-0.25, -0.2) is 0 Å². The first-order chi connectivity index (χ1) is 12.5. The highest BCUT2D eigenvalue weighted by molar-refractivity contribution is 5.65. The number of hydrogen-bond donors (Lipinski definition) is 2. The third-order valence-electron chi connectivity index (χ3n) is 4.25. The van der Waals surface area contributed by atoms with Crippen LogP contribution in [0, 0.1) is 10.1 Å². The Balaban J connectivity index is 1.75. The fourth-order valence-corrected chi connectivity index (χ4v) is 2.72. The minimum Gasteiger partial charge on any atom is -0.384 e. The van der Waals surface area contributed by atoms with Gasteiger partial charge in [-0.15, -0.1) is 0 Å². The zero-order valence-electron chi connectivity index (χ0n) is 14.5. The number of nitro groups is 1. The molecule has 3 rings (SSSR count). The lowest BCUT2D eigenvalue weighted by Gasteiger charge is -2.19. The van der Waals surface area contributed by atoms with E-state index < -0.39 is 4.92 Å². The molecular formula is C20H20N4O2. The molecule has 6 nitrogen and oxygen atoms in total. The number of hydrazine groups is 1. The van der Waals surface area contributed by atoms with Gasteiger partial charge >= 0.3 is 0 Å². The van der Waals surface area contributed by atoms with Gasteiger partial charge in [-0.05, 0) is 24.6 Å². The van der Waals surface area contributed by atoms with Gasteiger partial charge in [0.25, 0.3) is 5.69 Å². The Morgan fingerprint density at radius 2 is 1.81 bits per heavy atom. The van der Waals surface area contributed by atoms with Crippen molar-refractivity contribution in [1.29, 1.82) is 0 Å². The first-order valence-electron chi connectivity index (χ1n) is 8.18. The summed E-state index contributed by atoms with van der Waals surface area (Å²) in [6.07, 6.45) is 1.89. The fraction of sp³-hybridized carbons (Fsp3) is 0.100. The quantitative estimate of drug-likeness (QED) is 0.626. The Bertz CT molecular complexity index is 872. The van der Waals surface area contributed by atoms with Gasteiger partial charge < -0.3 is 5.32 Å². The van der Waals surface area contributed by atoms with E-state index in [0.29, 0.717) is 5.70 Å². The summed E-state index contributed by atoms with van der Waals surface area (Å²) in [6.45, 7) is 10.2. The molecule has 0 bridgehead atoms. The number of benzene rings is 2. The van der Waals surface area contributed by atoms with Crippen LogP contribution < -0.4 is 15.8 Å². The highest BCUT2D eigenvalue weighted by atomic mass is 16.6. The molecule has 1 heterocycles. The van der Waals surface area contributed by atoms with Crippen LogP contribution in [0.15, 0.2) is 90.9 Å². The highest BCUT2D eigenvalue weighted by Crippen LogP contribution is 2.31.